The minimum absolute atomic E-state index is 0.0974. The minimum atomic E-state index is 0.0974. The van der Waals surface area contributed by atoms with Gasteiger partial charge in [-0.25, -0.2) is 0 Å². The van der Waals surface area contributed by atoms with Crippen molar-refractivity contribution in [1.29, 1.82) is 0 Å². The van der Waals surface area contributed by atoms with Crippen molar-refractivity contribution in [3.8, 4) is 0 Å². The van der Waals surface area contributed by atoms with E-state index in [9.17, 15) is 4.79 Å². The number of hydrogen-bond donors (Lipinski definition) is 2. The summed E-state index contributed by atoms with van der Waals surface area (Å²) >= 11 is 0. The van der Waals surface area contributed by atoms with E-state index >= 15 is 0 Å². The van der Waals surface area contributed by atoms with E-state index in [-0.39, 0.29) is 24.2 Å². The monoisotopic (exact) mass is 297 g/mol. The lowest BCUT2D eigenvalue weighted by Gasteiger charge is -2.37. The molecule has 0 radical (unpaired) electrons. The van der Waals surface area contributed by atoms with Gasteiger partial charge in [0.25, 0.3) is 0 Å². The van der Waals surface area contributed by atoms with Gasteiger partial charge in [-0.1, -0.05) is 32.9 Å². The predicted octanol–water partition coefficient (Wildman–Crippen LogP) is 2.82. The van der Waals surface area contributed by atoms with E-state index in [2.05, 4.69) is 25.9 Å². The van der Waals surface area contributed by atoms with Crippen LogP contribution in [0, 0.1) is 17.3 Å². The van der Waals surface area contributed by atoms with Crippen molar-refractivity contribution < 1.29 is 10.0 Å². The molecule has 0 atom stereocenters. The summed E-state index contributed by atoms with van der Waals surface area (Å²) in [5, 5.41) is 11.7. The van der Waals surface area contributed by atoms with Crippen LogP contribution in [0.2, 0.25) is 0 Å². The SMILES string of the molecule is CCCN(CC(N)=NO)C(=O)C1CCC(C(C)(C)C)CC1. The highest BCUT2D eigenvalue weighted by molar-refractivity contribution is 5.87. The lowest BCUT2D eigenvalue weighted by Crippen LogP contribution is -2.43. The molecular weight excluding hydrogens is 266 g/mol. The Balaban J connectivity index is 2.61. The lowest BCUT2D eigenvalue weighted by molar-refractivity contribution is -0.136. The summed E-state index contributed by atoms with van der Waals surface area (Å²) < 4.78 is 0. The zero-order valence-corrected chi connectivity index (χ0v) is 13.9. The third-order valence-electron chi connectivity index (χ3n) is 4.59. The molecule has 1 rings (SSSR count). The quantitative estimate of drug-likeness (QED) is 0.354. The zero-order valence-electron chi connectivity index (χ0n) is 13.9. The Kier molecular flexibility index (Phi) is 6.49. The van der Waals surface area contributed by atoms with Crippen LogP contribution in [0.3, 0.4) is 0 Å². The average molecular weight is 297 g/mol. The predicted molar refractivity (Wildman–Crippen MR) is 85.2 cm³/mol. The number of oxime groups is 1. The van der Waals surface area contributed by atoms with Crippen molar-refractivity contribution in [1.82, 2.24) is 4.90 Å². The van der Waals surface area contributed by atoms with Crippen molar-refractivity contribution in [2.45, 2.75) is 59.8 Å². The maximum absolute atomic E-state index is 12.6. The Hall–Kier alpha value is -1.26. The maximum atomic E-state index is 12.6. The van der Waals surface area contributed by atoms with E-state index in [1.165, 1.54) is 0 Å². The van der Waals surface area contributed by atoms with Gasteiger partial charge >= 0.3 is 0 Å². The Bertz CT molecular complexity index is 366. The Morgan fingerprint density at radius 2 is 1.86 bits per heavy atom. The van der Waals surface area contributed by atoms with E-state index in [1.807, 2.05) is 6.92 Å². The molecule has 1 aliphatic rings. The molecule has 5 heteroatoms. The van der Waals surface area contributed by atoms with Crippen LogP contribution in [0.5, 0.6) is 0 Å². The summed E-state index contributed by atoms with van der Waals surface area (Å²) in [5.41, 5.74) is 5.88. The number of hydrogen-bond acceptors (Lipinski definition) is 3. The molecule has 1 saturated carbocycles. The fourth-order valence-electron chi connectivity index (χ4n) is 3.23. The first-order valence-electron chi connectivity index (χ1n) is 8.04. The van der Waals surface area contributed by atoms with E-state index < -0.39 is 0 Å². The van der Waals surface area contributed by atoms with Crippen molar-refractivity contribution in [2.75, 3.05) is 13.1 Å². The van der Waals surface area contributed by atoms with Crippen LogP contribution in [0.25, 0.3) is 0 Å². The number of nitrogens with two attached hydrogens (primary N) is 1. The van der Waals surface area contributed by atoms with E-state index in [0.717, 1.165) is 32.1 Å². The second kappa shape index (κ2) is 7.66. The Labute approximate surface area is 128 Å². The molecule has 0 aromatic rings. The number of carbonyl (C=O) groups excluding carboxylic acids is 1. The molecule has 0 bridgehead atoms. The van der Waals surface area contributed by atoms with Crippen molar-refractivity contribution in [3.63, 3.8) is 0 Å². The topological polar surface area (TPSA) is 78.9 Å². The molecule has 1 fully saturated rings. The number of carbonyl (C=O) groups is 1. The van der Waals surface area contributed by atoms with Gasteiger partial charge in [0, 0.05) is 12.5 Å². The first-order chi connectivity index (χ1) is 9.79. The molecule has 1 aliphatic carbocycles. The fourth-order valence-corrected chi connectivity index (χ4v) is 3.23. The van der Waals surface area contributed by atoms with Crippen molar-refractivity contribution in [3.05, 3.63) is 0 Å². The second-order valence-corrected chi connectivity index (χ2v) is 7.27. The zero-order chi connectivity index (χ0) is 16.0. The highest BCUT2D eigenvalue weighted by Gasteiger charge is 2.33. The molecular formula is C16H31N3O2. The minimum Gasteiger partial charge on any atom is -0.409 e. The van der Waals surface area contributed by atoms with E-state index in [1.54, 1.807) is 4.90 Å². The van der Waals surface area contributed by atoms with Crippen molar-refractivity contribution in [2.24, 2.45) is 28.1 Å². The molecule has 21 heavy (non-hydrogen) atoms. The molecule has 0 aromatic carbocycles. The first-order valence-corrected chi connectivity index (χ1v) is 8.04. The number of amidine groups is 1. The molecule has 122 valence electrons. The third-order valence-corrected chi connectivity index (χ3v) is 4.59. The summed E-state index contributed by atoms with van der Waals surface area (Å²) in [7, 11) is 0. The van der Waals surface area contributed by atoms with Gasteiger partial charge in [-0.05, 0) is 43.4 Å². The highest BCUT2D eigenvalue weighted by atomic mass is 16.4. The van der Waals surface area contributed by atoms with Gasteiger partial charge in [0.2, 0.25) is 5.91 Å². The van der Waals surface area contributed by atoms with Crippen LogP contribution < -0.4 is 5.73 Å². The normalized spacial score (nSPS) is 23.9. The van der Waals surface area contributed by atoms with Crippen LogP contribution in [-0.4, -0.2) is 34.9 Å². The van der Waals surface area contributed by atoms with E-state index in [0.29, 0.717) is 17.9 Å². The van der Waals surface area contributed by atoms with Gasteiger partial charge < -0.3 is 15.8 Å². The molecule has 3 N–H and O–H groups in total. The smallest absolute Gasteiger partial charge is 0.226 e. The third kappa shape index (κ3) is 5.21. The van der Waals surface area contributed by atoms with Gasteiger partial charge in [-0.3, -0.25) is 4.79 Å². The molecule has 0 spiro atoms. The van der Waals surface area contributed by atoms with Crippen LogP contribution in [-0.2, 0) is 4.79 Å². The first kappa shape index (κ1) is 17.8. The second-order valence-electron chi connectivity index (χ2n) is 7.27. The molecule has 1 amide bonds. The molecule has 0 aromatic heterocycles. The lowest BCUT2D eigenvalue weighted by atomic mass is 9.69. The van der Waals surface area contributed by atoms with Crippen LogP contribution in [0.4, 0.5) is 0 Å². The summed E-state index contributed by atoms with van der Waals surface area (Å²) in [6.45, 7) is 9.75. The summed E-state index contributed by atoms with van der Waals surface area (Å²) in [6.07, 6.45) is 5.02. The fraction of sp³-hybridized carbons (Fsp3) is 0.875. The number of rotatable bonds is 5. The summed E-state index contributed by atoms with van der Waals surface area (Å²) in [6, 6.07) is 0. The Morgan fingerprint density at radius 1 is 1.29 bits per heavy atom. The highest BCUT2D eigenvalue weighted by Crippen LogP contribution is 2.40. The summed E-state index contributed by atoms with van der Waals surface area (Å²) in [4.78, 5) is 14.4. The van der Waals surface area contributed by atoms with E-state index in [4.69, 9.17) is 10.9 Å². The van der Waals surface area contributed by atoms with Gasteiger partial charge in [-0.2, -0.15) is 0 Å². The molecule has 0 aliphatic heterocycles. The standard InChI is InChI=1S/C16H31N3O2/c1-5-10-19(11-14(17)18-21)15(20)12-6-8-13(9-7-12)16(2,3)4/h12-13,21H,5-11H2,1-4H3,(H2,17,18). The maximum Gasteiger partial charge on any atom is 0.226 e. The number of amides is 1. The van der Waals surface area contributed by atoms with Crippen LogP contribution in [0.15, 0.2) is 5.16 Å². The molecule has 0 saturated heterocycles. The number of nitrogens with zero attached hydrogens (tertiary/aromatic N) is 2. The molecule has 0 heterocycles. The van der Waals surface area contributed by atoms with Crippen LogP contribution in [0.1, 0.15) is 59.8 Å². The molecule has 0 unspecified atom stereocenters. The van der Waals surface area contributed by atoms with Gasteiger partial charge in [0.15, 0.2) is 5.84 Å². The molecule has 5 nitrogen and oxygen atoms in total. The van der Waals surface area contributed by atoms with Crippen molar-refractivity contribution >= 4 is 11.7 Å². The van der Waals surface area contributed by atoms with Crippen LogP contribution >= 0.6 is 0 Å². The van der Waals surface area contributed by atoms with Gasteiger partial charge in [-0.15, -0.1) is 0 Å². The largest absolute Gasteiger partial charge is 0.409 e. The average Bonchev–Trinajstić information content (AvgIpc) is 2.45. The summed E-state index contributed by atoms with van der Waals surface area (Å²) in [5.74, 6) is 1.06. The van der Waals surface area contributed by atoms with Gasteiger partial charge in [0.05, 0.1) is 6.54 Å². The van der Waals surface area contributed by atoms with Gasteiger partial charge in [0.1, 0.15) is 0 Å². The Morgan fingerprint density at radius 3 is 2.29 bits per heavy atom.